The van der Waals surface area contributed by atoms with E-state index in [1.54, 1.807) is 7.85 Å². The molecule has 0 saturated heterocycles. The number of amides is 1. The quantitative estimate of drug-likeness (QED) is 0.505. The molecule has 3 aromatic rings. The number of benzene rings is 2. The summed E-state index contributed by atoms with van der Waals surface area (Å²) in [5.41, 5.74) is 4.20. The zero-order valence-corrected chi connectivity index (χ0v) is 15.7. The molecule has 3 rings (SSSR count). The maximum Gasteiger partial charge on any atom is 0.416 e. The second kappa shape index (κ2) is 7.81. The number of halogens is 5. The summed E-state index contributed by atoms with van der Waals surface area (Å²) < 4.78 is 77.0. The van der Waals surface area contributed by atoms with Crippen molar-refractivity contribution in [3.05, 3.63) is 65.1 Å². The van der Waals surface area contributed by atoms with E-state index in [0.29, 0.717) is 11.2 Å². The van der Waals surface area contributed by atoms with E-state index < -0.39 is 46.7 Å². The fourth-order valence-electron chi connectivity index (χ4n) is 2.77. The van der Waals surface area contributed by atoms with Crippen LogP contribution in [-0.2, 0) is 6.18 Å². The number of ether oxygens (including phenoxy) is 1. The Morgan fingerprint density at radius 1 is 1.17 bits per heavy atom. The van der Waals surface area contributed by atoms with E-state index >= 15 is 0 Å². The van der Waals surface area contributed by atoms with Gasteiger partial charge in [-0.3, -0.25) is 4.79 Å². The third kappa shape index (κ3) is 4.14. The number of rotatable bonds is 5. The first-order valence-electron chi connectivity index (χ1n) is 8.58. The minimum absolute atomic E-state index is 0.00625. The van der Waals surface area contributed by atoms with Crippen molar-refractivity contribution in [1.29, 1.82) is 0 Å². The molecule has 1 amide bonds. The van der Waals surface area contributed by atoms with Gasteiger partial charge in [-0.25, -0.2) is 13.8 Å². The molecule has 1 heterocycles. The molecule has 1 aromatic heterocycles. The zero-order valence-electron chi connectivity index (χ0n) is 15.7. The highest BCUT2D eigenvalue weighted by atomic mass is 19.4. The lowest BCUT2D eigenvalue weighted by molar-refractivity contribution is -0.137. The maximum absolute atomic E-state index is 14.3. The number of alkyl halides is 3. The molecule has 0 radical (unpaired) electrons. The van der Waals surface area contributed by atoms with E-state index in [9.17, 15) is 26.7 Å². The molecule has 0 unspecified atom stereocenters. The number of nitrogens with two attached hydrogens (primary N) is 1. The molecule has 30 heavy (non-hydrogen) atoms. The number of nitrogens with zero attached hydrogens (tertiary/aromatic N) is 1. The highest BCUT2D eigenvalue weighted by Crippen LogP contribution is 2.31. The topological polar surface area (TPSA) is 78.4 Å². The minimum Gasteiger partial charge on any atom is -0.478 e. The Kier molecular flexibility index (Phi) is 5.56. The van der Waals surface area contributed by atoms with Crippen molar-refractivity contribution < 1.29 is 35.9 Å². The molecular weight excluding hydrogens is 410 g/mol. The normalized spacial score (nSPS) is 12.6. The smallest absolute Gasteiger partial charge is 0.416 e. The molecule has 0 fully saturated rings. The predicted octanol–water partition coefficient (Wildman–Crippen LogP) is 3.14. The van der Waals surface area contributed by atoms with Gasteiger partial charge in [0.05, 0.1) is 11.2 Å². The number of oxazole rings is 1. The van der Waals surface area contributed by atoms with E-state index in [2.05, 4.69) is 4.98 Å². The van der Waals surface area contributed by atoms with Gasteiger partial charge in [-0.1, -0.05) is 12.1 Å². The van der Waals surface area contributed by atoms with Crippen LogP contribution in [0.25, 0.3) is 11.3 Å². The summed E-state index contributed by atoms with van der Waals surface area (Å²) in [5, 5.41) is 0. The van der Waals surface area contributed by atoms with Gasteiger partial charge in [-0.05, 0) is 31.2 Å². The first-order chi connectivity index (χ1) is 14.0. The molecule has 0 aliphatic carbocycles. The first-order valence-corrected chi connectivity index (χ1v) is 8.58. The summed E-state index contributed by atoms with van der Waals surface area (Å²) in [6, 6.07) is 6.16. The average molecular weight is 424 g/mol. The highest BCUT2D eigenvalue weighted by Gasteiger charge is 2.30. The maximum atomic E-state index is 14.3. The summed E-state index contributed by atoms with van der Waals surface area (Å²) in [7, 11) is 1.56. The summed E-state index contributed by atoms with van der Waals surface area (Å²) in [4.78, 5) is 15.4. The average Bonchev–Trinajstić information content (AvgIpc) is 3.05. The number of hydrogen-bond acceptors (Lipinski definition) is 4. The highest BCUT2D eigenvalue weighted by molar-refractivity contribution is 6.33. The summed E-state index contributed by atoms with van der Waals surface area (Å²) >= 11 is 0. The van der Waals surface area contributed by atoms with Crippen LogP contribution in [0.2, 0.25) is 0 Å². The molecule has 156 valence electrons. The fourth-order valence-corrected chi connectivity index (χ4v) is 2.77. The van der Waals surface area contributed by atoms with Gasteiger partial charge >= 0.3 is 6.18 Å². The fraction of sp³-hybridized carbons (Fsp3) is 0.158. The Hall–Kier alpha value is -3.37. The van der Waals surface area contributed by atoms with Crippen LogP contribution >= 0.6 is 0 Å². The Morgan fingerprint density at radius 2 is 1.80 bits per heavy atom. The SMILES string of the molecule is Bc1oc([C@@H](C)Oc2ccc(F)c(C(N)=O)c2F)nc1-c1ccc(C(F)(F)F)cc1. The van der Waals surface area contributed by atoms with Gasteiger partial charge in [-0.2, -0.15) is 13.2 Å². The van der Waals surface area contributed by atoms with Crippen LogP contribution in [0.15, 0.2) is 40.8 Å². The summed E-state index contributed by atoms with van der Waals surface area (Å²) in [6.45, 7) is 1.47. The largest absolute Gasteiger partial charge is 0.478 e. The zero-order chi connectivity index (χ0) is 22.2. The van der Waals surface area contributed by atoms with Gasteiger partial charge < -0.3 is 14.9 Å². The van der Waals surface area contributed by atoms with E-state index in [4.69, 9.17) is 14.9 Å². The van der Waals surface area contributed by atoms with Gasteiger partial charge in [0.25, 0.3) is 5.91 Å². The van der Waals surface area contributed by atoms with Crippen molar-refractivity contribution in [2.24, 2.45) is 5.73 Å². The number of carbonyl (C=O) groups excluding carboxylic acids is 1. The molecule has 0 aliphatic heterocycles. The number of carbonyl (C=O) groups is 1. The third-order valence-electron chi connectivity index (χ3n) is 4.25. The lowest BCUT2D eigenvalue weighted by Crippen LogP contribution is -2.16. The van der Waals surface area contributed by atoms with Crippen molar-refractivity contribution in [1.82, 2.24) is 4.98 Å². The van der Waals surface area contributed by atoms with Gasteiger partial charge in [0.15, 0.2) is 25.5 Å². The van der Waals surface area contributed by atoms with Crippen LogP contribution < -0.4 is 16.1 Å². The van der Waals surface area contributed by atoms with E-state index in [-0.39, 0.29) is 11.6 Å². The van der Waals surface area contributed by atoms with E-state index in [0.717, 1.165) is 24.3 Å². The third-order valence-corrected chi connectivity index (χ3v) is 4.25. The van der Waals surface area contributed by atoms with Crippen LogP contribution in [0.4, 0.5) is 22.0 Å². The molecule has 0 bridgehead atoms. The molecule has 2 N–H and O–H groups in total. The van der Waals surface area contributed by atoms with Gasteiger partial charge in [0, 0.05) is 5.56 Å². The van der Waals surface area contributed by atoms with E-state index in [1.807, 2.05) is 0 Å². The lowest BCUT2D eigenvalue weighted by Gasteiger charge is -2.13. The molecule has 0 spiro atoms. The Labute approximate surface area is 168 Å². The predicted molar refractivity (Wildman–Crippen MR) is 99.0 cm³/mol. The molecule has 2 aromatic carbocycles. The minimum atomic E-state index is -4.46. The summed E-state index contributed by atoms with van der Waals surface area (Å²) in [6.07, 6.45) is -5.43. The van der Waals surface area contributed by atoms with Gasteiger partial charge in [0.1, 0.15) is 17.1 Å². The van der Waals surface area contributed by atoms with Crippen molar-refractivity contribution in [2.45, 2.75) is 19.2 Å². The van der Waals surface area contributed by atoms with Crippen molar-refractivity contribution >= 4 is 19.4 Å². The number of hydrogen-bond donors (Lipinski definition) is 1. The van der Waals surface area contributed by atoms with E-state index in [1.165, 1.54) is 19.1 Å². The van der Waals surface area contributed by atoms with Crippen molar-refractivity contribution in [3.8, 4) is 17.0 Å². The monoisotopic (exact) mass is 424 g/mol. The van der Waals surface area contributed by atoms with Gasteiger partial charge in [0.2, 0.25) is 5.89 Å². The molecule has 11 heteroatoms. The molecule has 0 saturated carbocycles. The van der Waals surface area contributed by atoms with Crippen LogP contribution in [0, 0.1) is 11.6 Å². The van der Waals surface area contributed by atoms with Crippen LogP contribution in [0.5, 0.6) is 5.75 Å². The Morgan fingerprint density at radius 3 is 2.37 bits per heavy atom. The van der Waals surface area contributed by atoms with Crippen LogP contribution in [0.1, 0.15) is 34.8 Å². The lowest BCUT2D eigenvalue weighted by atomic mass is 9.98. The van der Waals surface area contributed by atoms with Crippen LogP contribution in [0.3, 0.4) is 0 Å². The molecule has 0 aliphatic rings. The summed E-state index contributed by atoms with van der Waals surface area (Å²) in [5.74, 6) is -4.12. The molecule has 1 atom stereocenters. The van der Waals surface area contributed by atoms with Gasteiger partial charge in [-0.15, -0.1) is 0 Å². The van der Waals surface area contributed by atoms with Crippen molar-refractivity contribution in [3.63, 3.8) is 0 Å². The van der Waals surface area contributed by atoms with Crippen LogP contribution in [-0.4, -0.2) is 18.7 Å². The second-order valence-corrected chi connectivity index (χ2v) is 6.39. The number of aromatic nitrogens is 1. The standard InChI is InChI=1S/C19H14BF5N2O3/c1-8(29-12-7-6-11(21)13(14(12)22)17(26)28)18-27-15(16(20)30-18)9-2-4-10(5-3-9)19(23,24)25/h2-8H,20H2,1H3,(H2,26,28)/t8-/m1/s1. The second-order valence-electron chi connectivity index (χ2n) is 6.39. The van der Waals surface area contributed by atoms with Crippen molar-refractivity contribution in [2.75, 3.05) is 0 Å². The Balaban J connectivity index is 1.87. The Bertz CT molecular complexity index is 1100. The molecular formula is C19H14BF5N2O3. The number of primary amides is 1. The first kappa shape index (κ1) is 21.3. The molecule has 5 nitrogen and oxygen atoms in total.